The maximum absolute atomic E-state index is 12.4. The van der Waals surface area contributed by atoms with Gasteiger partial charge < -0.3 is 10.2 Å². The van der Waals surface area contributed by atoms with Gasteiger partial charge in [-0.3, -0.25) is 9.59 Å². The van der Waals surface area contributed by atoms with Crippen LogP contribution in [0.3, 0.4) is 0 Å². The maximum Gasteiger partial charge on any atom is 0.253 e. The second-order valence-corrected chi connectivity index (χ2v) is 5.34. The van der Waals surface area contributed by atoms with Crippen LogP contribution < -0.4 is 5.32 Å². The number of nitrogens with zero attached hydrogens (tertiary/aromatic N) is 2. The zero-order valence-electron chi connectivity index (χ0n) is 12.1. The second-order valence-electron chi connectivity index (χ2n) is 5.34. The van der Waals surface area contributed by atoms with Crippen molar-refractivity contribution in [2.75, 3.05) is 13.1 Å². The zero-order valence-corrected chi connectivity index (χ0v) is 12.1. The van der Waals surface area contributed by atoms with Crippen LogP contribution in [0, 0.1) is 18.3 Å². The van der Waals surface area contributed by atoms with Gasteiger partial charge in [-0.05, 0) is 31.9 Å². The number of aryl methyl sites for hydroxylation is 1. The van der Waals surface area contributed by atoms with Crippen LogP contribution in [0.1, 0.15) is 35.2 Å². The number of rotatable bonds is 3. The Morgan fingerprint density at radius 3 is 2.71 bits per heavy atom. The van der Waals surface area contributed by atoms with E-state index in [4.69, 9.17) is 5.26 Å². The lowest BCUT2D eigenvalue weighted by Gasteiger charge is -2.32. The highest BCUT2D eigenvalue weighted by Crippen LogP contribution is 2.15. The van der Waals surface area contributed by atoms with E-state index in [1.54, 1.807) is 0 Å². The third-order valence-electron chi connectivity index (χ3n) is 3.65. The standard InChI is InChI=1S/C16H19N3O2/c1-12-3-2-4-13(11-12)16(21)19-9-6-14(7-10-19)18-15(20)5-8-17/h2-4,11,14H,5-7,9-10H2,1H3,(H,18,20). The van der Waals surface area contributed by atoms with Gasteiger partial charge in [0.25, 0.3) is 5.91 Å². The topological polar surface area (TPSA) is 73.2 Å². The highest BCUT2D eigenvalue weighted by molar-refractivity contribution is 5.94. The van der Waals surface area contributed by atoms with Crippen LogP contribution in [-0.4, -0.2) is 35.8 Å². The quantitative estimate of drug-likeness (QED) is 0.917. The van der Waals surface area contributed by atoms with Crippen LogP contribution >= 0.6 is 0 Å². The summed E-state index contributed by atoms with van der Waals surface area (Å²) in [5.41, 5.74) is 1.78. The molecule has 0 aliphatic carbocycles. The van der Waals surface area contributed by atoms with E-state index in [1.807, 2.05) is 42.2 Å². The fourth-order valence-corrected chi connectivity index (χ4v) is 2.54. The monoisotopic (exact) mass is 285 g/mol. The minimum Gasteiger partial charge on any atom is -0.352 e. The minimum absolute atomic E-state index is 0.0421. The first-order valence-corrected chi connectivity index (χ1v) is 7.12. The predicted octanol–water partition coefficient (Wildman–Crippen LogP) is 1.63. The second kappa shape index (κ2) is 6.89. The molecule has 2 amide bonds. The lowest BCUT2D eigenvalue weighted by atomic mass is 10.0. The van der Waals surface area contributed by atoms with E-state index in [2.05, 4.69) is 5.32 Å². The van der Waals surface area contributed by atoms with Crippen molar-refractivity contribution in [2.24, 2.45) is 0 Å². The minimum atomic E-state index is -0.235. The van der Waals surface area contributed by atoms with Crippen LogP contribution in [-0.2, 0) is 4.79 Å². The maximum atomic E-state index is 12.4. The lowest BCUT2D eigenvalue weighted by Crippen LogP contribution is -2.46. The fraction of sp³-hybridized carbons (Fsp3) is 0.438. The normalized spacial score (nSPS) is 15.3. The molecule has 1 aromatic carbocycles. The molecule has 2 rings (SSSR count). The summed E-state index contributed by atoms with van der Waals surface area (Å²) in [5, 5.41) is 11.3. The fourth-order valence-electron chi connectivity index (χ4n) is 2.54. The Balaban J connectivity index is 1.88. The van der Waals surface area contributed by atoms with E-state index in [9.17, 15) is 9.59 Å². The summed E-state index contributed by atoms with van der Waals surface area (Å²) in [6.45, 7) is 3.22. The Morgan fingerprint density at radius 1 is 1.38 bits per heavy atom. The van der Waals surface area contributed by atoms with Gasteiger partial charge in [0.1, 0.15) is 6.42 Å². The zero-order chi connectivity index (χ0) is 15.2. The smallest absolute Gasteiger partial charge is 0.253 e. The van der Waals surface area contributed by atoms with Crippen molar-refractivity contribution in [1.29, 1.82) is 5.26 Å². The van der Waals surface area contributed by atoms with Gasteiger partial charge >= 0.3 is 0 Å². The van der Waals surface area contributed by atoms with Gasteiger partial charge in [0.2, 0.25) is 5.91 Å². The van der Waals surface area contributed by atoms with E-state index in [-0.39, 0.29) is 24.3 Å². The number of piperidine rings is 1. The summed E-state index contributed by atoms with van der Waals surface area (Å²) >= 11 is 0. The van der Waals surface area contributed by atoms with Crippen LogP contribution in [0.4, 0.5) is 0 Å². The van der Waals surface area contributed by atoms with Crippen molar-refractivity contribution < 1.29 is 9.59 Å². The Kier molecular flexibility index (Phi) is 4.94. The molecule has 110 valence electrons. The first-order valence-electron chi connectivity index (χ1n) is 7.12. The van der Waals surface area contributed by atoms with Gasteiger partial charge in [0, 0.05) is 24.7 Å². The van der Waals surface area contributed by atoms with E-state index in [0.29, 0.717) is 18.7 Å². The Labute approximate surface area is 124 Å². The summed E-state index contributed by atoms with van der Waals surface area (Å²) in [6, 6.07) is 9.47. The molecule has 1 heterocycles. The molecule has 5 heteroatoms. The van der Waals surface area contributed by atoms with Crippen molar-refractivity contribution >= 4 is 11.8 Å². The Hall–Kier alpha value is -2.35. The molecule has 1 fully saturated rings. The van der Waals surface area contributed by atoms with Crippen molar-refractivity contribution in [1.82, 2.24) is 10.2 Å². The summed E-state index contributed by atoms with van der Waals surface area (Å²) in [6.07, 6.45) is 1.35. The summed E-state index contributed by atoms with van der Waals surface area (Å²) < 4.78 is 0. The number of hydrogen-bond acceptors (Lipinski definition) is 3. The van der Waals surface area contributed by atoms with Gasteiger partial charge in [-0.2, -0.15) is 5.26 Å². The molecule has 0 atom stereocenters. The first-order chi connectivity index (χ1) is 10.1. The average molecular weight is 285 g/mol. The van der Waals surface area contributed by atoms with Gasteiger partial charge in [0.15, 0.2) is 0 Å². The average Bonchev–Trinajstić information content (AvgIpc) is 2.47. The molecule has 1 N–H and O–H groups in total. The van der Waals surface area contributed by atoms with Crippen LogP contribution in [0.5, 0.6) is 0 Å². The predicted molar refractivity (Wildman–Crippen MR) is 78.5 cm³/mol. The molecule has 0 unspecified atom stereocenters. The van der Waals surface area contributed by atoms with Crippen molar-refractivity contribution in [3.8, 4) is 6.07 Å². The lowest BCUT2D eigenvalue weighted by molar-refractivity contribution is -0.121. The largest absolute Gasteiger partial charge is 0.352 e. The summed E-state index contributed by atoms with van der Waals surface area (Å²) in [7, 11) is 0. The number of nitriles is 1. The van der Waals surface area contributed by atoms with Crippen LogP contribution in [0.25, 0.3) is 0 Å². The van der Waals surface area contributed by atoms with Gasteiger partial charge in [0.05, 0.1) is 6.07 Å². The highest BCUT2D eigenvalue weighted by Gasteiger charge is 2.24. The summed E-state index contributed by atoms with van der Waals surface area (Å²) in [4.78, 5) is 25.6. The number of carbonyl (C=O) groups excluding carboxylic acids is 2. The third kappa shape index (κ3) is 4.06. The van der Waals surface area contributed by atoms with E-state index >= 15 is 0 Å². The molecular weight excluding hydrogens is 266 g/mol. The molecule has 0 spiro atoms. The molecule has 0 saturated carbocycles. The molecule has 1 aliphatic heterocycles. The van der Waals surface area contributed by atoms with Crippen molar-refractivity contribution in [3.05, 3.63) is 35.4 Å². The number of nitrogens with one attached hydrogen (secondary N) is 1. The number of hydrogen-bond donors (Lipinski definition) is 1. The van der Waals surface area contributed by atoms with Gasteiger partial charge in [-0.25, -0.2) is 0 Å². The van der Waals surface area contributed by atoms with E-state index in [0.717, 1.165) is 18.4 Å². The van der Waals surface area contributed by atoms with Gasteiger partial charge in [-0.15, -0.1) is 0 Å². The third-order valence-corrected chi connectivity index (χ3v) is 3.65. The van der Waals surface area contributed by atoms with Gasteiger partial charge in [-0.1, -0.05) is 17.7 Å². The van der Waals surface area contributed by atoms with E-state index < -0.39 is 0 Å². The molecule has 1 saturated heterocycles. The first kappa shape index (κ1) is 15.0. The Morgan fingerprint density at radius 2 is 2.10 bits per heavy atom. The molecular formula is C16H19N3O2. The molecule has 1 aromatic rings. The highest BCUT2D eigenvalue weighted by atomic mass is 16.2. The van der Waals surface area contributed by atoms with Crippen molar-refractivity contribution in [3.63, 3.8) is 0 Å². The molecule has 21 heavy (non-hydrogen) atoms. The number of carbonyl (C=O) groups is 2. The van der Waals surface area contributed by atoms with E-state index in [1.165, 1.54) is 0 Å². The molecule has 0 radical (unpaired) electrons. The summed E-state index contributed by atoms with van der Waals surface area (Å²) in [5.74, 6) is -0.193. The van der Waals surface area contributed by atoms with Crippen LogP contribution in [0.2, 0.25) is 0 Å². The molecule has 5 nitrogen and oxygen atoms in total. The number of benzene rings is 1. The SMILES string of the molecule is Cc1cccc(C(=O)N2CCC(NC(=O)CC#N)CC2)c1. The number of likely N-dealkylation sites (tertiary alicyclic amines) is 1. The molecule has 1 aliphatic rings. The van der Waals surface area contributed by atoms with Crippen LogP contribution in [0.15, 0.2) is 24.3 Å². The molecule has 0 aromatic heterocycles. The number of amides is 2. The van der Waals surface area contributed by atoms with Crippen molar-refractivity contribution in [2.45, 2.75) is 32.2 Å². The Bertz CT molecular complexity index is 569. The molecule has 0 bridgehead atoms.